The van der Waals surface area contributed by atoms with Gasteiger partial charge in [-0.05, 0) is 24.0 Å². The molecular formula is C16H18N4. The Morgan fingerprint density at radius 1 is 1.10 bits per heavy atom. The van der Waals surface area contributed by atoms with Crippen molar-refractivity contribution >= 4 is 5.82 Å². The molecule has 0 amide bonds. The van der Waals surface area contributed by atoms with Gasteiger partial charge in [0.05, 0.1) is 5.69 Å². The highest BCUT2D eigenvalue weighted by molar-refractivity contribution is 5.49. The van der Waals surface area contributed by atoms with Gasteiger partial charge < -0.3 is 10.6 Å². The summed E-state index contributed by atoms with van der Waals surface area (Å²) in [4.78, 5) is 8.86. The molecule has 0 fully saturated rings. The van der Waals surface area contributed by atoms with Crippen molar-refractivity contribution in [1.82, 2.24) is 15.3 Å². The molecule has 20 heavy (non-hydrogen) atoms. The van der Waals surface area contributed by atoms with Gasteiger partial charge in [-0.1, -0.05) is 24.3 Å². The van der Waals surface area contributed by atoms with E-state index >= 15 is 0 Å². The molecule has 1 aromatic heterocycles. The van der Waals surface area contributed by atoms with Crippen LogP contribution < -0.4 is 10.6 Å². The summed E-state index contributed by atoms with van der Waals surface area (Å²) in [5.41, 5.74) is 5.36. The van der Waals surface area contributed by atoms with Crippen molar-refractivity contribution in [2.24, 2.45) is 0 Å². The van der Waals surface area contributed by atoms with E-state index in [1.165, 1.54) is 22.4 Å². The van der Waals surface area contributed by atoms with Gasteiger partial charge in [0, 0.05) is 31.1 Å². The van der Waals surface area contributed by atoms with E-state index in [0.717, 1.165) is 38.2 Å². The third-order valence-corrected chi connectivity index (χ3v) is 4.27. The minimum absolute atomic E-state index is 0.452. The maximum Gasteiger partial charge on any atom is 0.134 e. The number of rotatable bonds is 2. The van der Waals surface area contributed by atoms with Crippen LogP contribution in [0.15, 0.2) is 30.6 Å². The minimum Gasteiger partial charge on any atom is -0.366 e. The predicted octanol–water partition coefficient (Wildman–Crippen LogP) is 1.70. The molecule has 0 saturated heterocycles. The van der Waals surface area contributed by atoms with Gasteiger partial charge in [-0.2, -0.15) is 0 Å². The second kappa shape index (κ2) is 4.87. The Labute approximate surface area is 118 Å². The van der Waals surface area contributed by atoms with Gasteiger partial charge in [0.2, 0.25) is 0 Å². The molecule has 4 heteroatoms. The van der Waals surface area contributed by atoms with Crippen molar-refractivity contribution in [2.45, 2.75) is 31.8 Å². The van der Waals surface area contributed by atoms with Gasteiger partial charge in [-0.3, -0.25) is 0 Å². The average Bonchev–Trinajstić information content (AvgIpc) is 2.90. The summed E-state index contributed by atoms with van der Waals surface area (Å²) < 4.78 is 0. The van der Waals surface area contributed by atoms with Crippen molar-refractivity contribution < 1.29 is 0 Å². The fraction of sp³-hybridized carbons (Fsp3) is 0.375. The van der Waals surface area contributed by atoms with Crippen LogP contribution in [0.4, 0.5) is 5.82 Å². The van der Waals surface area contributed by atoms with Crippen molar-refractivity contribution in [3.8, 4) is 0 Å². The van der Waals surface area contributed by atoms with Crippen LogP contribution in [0.2, 0.25) is 0 Å². The first-order valence-electron chi connectivity index (χ1n) is 7.27. The van der Waals surface area contributed by atoms with E-state index in [-0.39, 0.29) is 0 Å². The van der Waals surface area contributed by atoms with Crippen LogP contribution in [0.5, 0.6) is 0 Å². The van der Waals surface area contributed by atoms with E-state index in [1.807, 2.05) is 0 Å². The molecule has 0 saturated carbocycles. The first-order chi connectivity index (χ1) is 9.90. The lowest BCUT2D eigenvalue weighted by Gasteiger charge is -2.21. The lowest BCUT2D eigenvalue weighted by atomic mass is 10.1. The lowest BCUT2D eigenvalue weighted by Crippen LogP contribution is -2.28. The monoisotopic (exact) mass is 266 g/mol. The Bertz CT molecular complexity index is 613. The van der Waals surface area contributed by atoms with Crippen LogP contribution in [-0.2, 0) is 25.8 Å². The van der Waals surface area contributed by atoms with Crippen LogP contribution in [-0.4, -0.2) is 22.6 Å². The van der Waals surface area contributed by atoms with Gasteiger partial charge in [0.1, 0.15) is 12.1 Å². The summed E-state index contributed by atoms with van der Waals surface area (Å²) in [6.07, 6.45) is 4.86. The quantitative estimate of drug-likeness (QED) is 0.868. The summed E-state index contributed by atoms with van der Waals surface area (Å²) in [6.45, 7) is 1.89. The molecule has 4 rings (SSSR count). The largest absolute Gasteiger partial charge is 0.366 e. The lowest BCUT2D eigenvalue weighted by molar-refractivity contribution is 0.624. The first kappa shape index (κ1) is 11.9. The minimum atomic E-state index is 0.452. The molecule has 1 aliphatic carbocycles. The van der Waals surface area contributed by atoms with Crippen molar-refractivity contribution in [1.29, 1.82) is 0 Å². The van der Waals surface area contributed by atoms with E-state index in [1.54, 1.807) is 6.33 Å². The Balaban J connectivity index is 1.56. The van der Waals surface area contributed by atoms with Crippen LogP contribution in [0, 0.1) is 0 Å². The molecule has 1 aromatic carbocycles. The molecule has 2 aromatic rings. The number of benzene rings is 1. The Kier molecular flexibility index (Phi) is 2.89. The Morgan fingerprint density at radius 3 is 2.70 bits per heavy atom. The Hall–Kier alpha value is -1.94. The number of fused-ring (bicyclic) bond motifs is 2. The molecule has 102 valence electrons. The van der Waals surface area contributed by atoms with E-state index in [4.69, 9.17) is 0 Å². The van der Waals surface area contributed by atoms with Gasteiger partial charge in [0.25, 0.3) is 0 Å². The number of hydrogen-bond acceptors (Lipinski definition) is 4. The number of nitrogens with one attached hydrogen (secondary N) is 2. The number of anilines is 1. The molecule has 2 heterocycles. The topological polar surface area (TPSA) is 49.8 Å². The van der Waals surface area contributed by atoms with E-state index in [9.17, 15) is 0 Å². The highest BCUT2D eigenvalue weighted by atomic mass is 15.1. The molecule has 0 bridgehead atoms. The zero-order valence-electron chi connectivity index (χ0n) is 11.4. The van der Waals surface area contributed by atoms with Gasteiger partial charge in [0.15, 0.2) is 0 Å². The van der Waals surface area contributed by atoms with Crippen LogP contribution >= 0.6 is 0 Å². The fourth-order valence-corrected chi connectivity index (χ4v) is 3.25. The van der Waals surface area contributed by atoms with Crippen LogP contribution in [0.3, 0.4) is 0 Å². The highest BCUT2D eigenvalue weighted by Gasteiger charge is 2.23. The maximum absolute atomic E-state index is 4.46. The zero-order chi connectivity index (χ0) is 13.4. The van der Waals surface area contributed by atoms with E-state index in [2.05, 4.69) is 44.9 Å². The van der Waals surface area contributed by atoms with Crippen LogP contribution in [0.25, 0.3) is 0 Å². The predicted molar refractivity (Wildman–Crippen MR) is 78.7 cm³/mol. The number of aromatic nitrogens is 2. The molecule has 0 radical (unpaired) electrons. The highest BCUT2D eigenvalue weighted by Crippen LogP contribution is 2.26. The molecule has 0 atom stereocenters. The van der Waals surface area contributed by atoms with E-state index < -0.39 is 0 Å². The summed E-state index contributed by atoms with van der Waals surface area (Å²) >= 11 is 0. The number of nitrogens with zero attached hydrogens (tertiary/aromatic N) is 2. The SMILES string of the molecule is c1ccc2c(c1)CC(Nc1ncnc3c1CNCC3)C2. The molecule has 4 nitrogen and oxygen atoms in total. The third kappa shape index (κ3) is 2.06. The molecule has 0 unspecified atom stereocenters. The second-order valence-corrected chi connectivity index (χ2v) is 5.59. The second-order valence-electron chi connectivity index (χ2n) is 5.59. The molecule has 0 spiro atoms. The van der Waals surface area contributed by atoms with Crippen molar-refractivity contribution in [2.75, 3.05) is 11.9 Å². The summed E-state index contributed by atoms with van der Waals surface area (Å²) in [5, 5.41) is 7.03. The van der Waals surface area contributed by atoms with E-state index in [0.29, 0.717) is 6.04 Å². The molecule has 1 aliphatic heterocycles. The average molecular weight is 266 g/mol. The summed E-state index contributed by atoms with van der Waals surface area (Å²) in [7, 11) is 0. The molecule has 2 N–H and O–H groups in total. The molecular weight excluding hydrogens is 248 g/mol. The standard InChI is InChI=1S/C16H18N4/c1-2-4-12-8-13(7-11(12)3-1)20-16-14-9-17-6-5-15(14)18-10-19-16/h1-4,10,13,17H,5-9H2,(H,18,19,20). The van der Waals surface area contributed by atoms with Gasteiger partial charge in [-0.15, -0.1) is 0 Å². The van der Waals surface area contributed by atoms with Crippen LogP contribution in [0.1, 0.15) is 22.4 Å². The Morgan fingerprint density at radius 2 is 1.90 bits per heavy atom. The summed E-state index contributed by atoms with van der Waals surface area (Å²) in [5.74, 6) is 1.01. The zero-order valence-corrected chi connectivity index (χ0v) is 11.4. The maximum atomic E-state index is 4.46. The number of hydrogen-bond donors (Lipinski definition) is 2. The third-order valence-electron chi connectivity index (χ3n) is 4.27. The normalized spacial score (nSPS) is 17.6. The van der Waals surface area contributed by atoms with Gasteiger partial charge >= 0.3 is 0 Å². The molecule has 2 aliphatic rings. The fourth-order valence-electron chi connectivity index (χ4n) is 3.25. The van der Waals surface area contributed by atoms with Crippen molar-refractivity contribution in [3.63, 3.8) is 0 Å². The smallest absolute Gasteiger partial charge is 0.134 e. The first-order valence-corrected chi connectivity index (χ1v) is 7.27. The summed E-state index contributed by atoms with van der Waals surface area (Å²) in [6, 6.07) is 9.16. The van der Waals surface area contributed by atoms with Crippen molar-refractivity contribution in [3.05, 3.63) is 53.0 Å². The van der Waals surface area contributed by atoms with Gasteiger partial charge in [-0.25, -0.2) is 9.97 Å².